The van der Waals surface area contributed by atoms with Crippen molar-refractivity contribution in [1.82, 2.24) is 4.90 Å². The second-order valence-electron chi connectivity index (χ2n) is 5.95. The van der Waals surface area contributed by atoms with E-state index in [9.17, 15) is 10.1 Å². The third-order valence-electron chi connectivity index (χ3n) is 4.12. The Labute approximate surface area is 155 Å². The SMILES string of the molecule is O=[N+]([O-])c1cc(OCc2ccc(Br)cc2)ccc1/C=C/N1CCCC1. The minimum atomic E-state index is -0.365. The predicted molar refractivity (Wildman–Crippen MR) is 101 cm³/mol. The monoisotopic (exact) mass is 402 g/mol. The number of nitrogens with zero attached hydrogens (tertiary/aromatic N) is 2. The van der Waals surface area contributed by atoms with Crippen molar-refractivity contribution in [2.75, 3.05) is 13.1 Å². The maximum Gasteiger partial charge on any atom is 0.280 e. The predicted octanol–water partition coefficient (Wildman–Crippen LogP) is 5.00. The van der Waals surface area contributed by atoms with Crippen LogP contribution in [0.15, 0.2) is 53.1 Å². The van der Waals surface area contributed by atoms with Crippen molar-refractivity contribution in [3.8, 4) is 5.75 Å². The fourth-order valence-corrected chi connectivity index (χ4v) is 3.00. The fourth-order valence-electron chi connectivity index (χ4n) is 2.74. The Morgan fingerprint density at radius 1 is 1.16 bits per heavy atom. The normalized spacial score (nSPS) is 14.2. The average Bonchev–Trinajstić information content (AvgIpc) is 3.13. The average molecular weight is 403 g/mol. The van der Waals surface area contributed by atoms with Crippen molar-refractivity contribution in [3.05, 3.63) is 74.4 Å². The number of ether oxygens (including phenoxy) is 1. The van der Waals surface area contributed by atoms with Crippen LogP contribution in [0.25, 0.3) is 6.08 Å². The lowest BCUT2D eigenvalue weighted by Crippen LogP contribution is -2.10. The zero-order chi connectivity index (χ0) is 17.6. The molecule has 0 amide bonds. The van der Waals surface area contributed by atoms with Crippen LogP contribution in [0.1, 0.15) is 24.0 Å². The summed E-state index contributed by atoms with van der Waals surface area (Å²) >= 11 is 3.39. The lowest BCUT2D eigenvalue weighted by molar-refractivity contribution is -0.385. The van der Waals surface area contributed by atoms with Gasteiger partial charge in [-0.2, -0.15) is 0 Å². The molecule has 1 aliphatic heterocycles. The third kappa shape index (κ3) is 4.82. The van der Waals surface area contributed by atoms with E-state index >= 15 is 0 Å². The van der Waals surface area contributed by atoms with E-state index in [0.717, 1.165) is 23.1 Å². The van der Waals surface area contributed by atoms with Crippen LogP contribution in [-0.4, -0.2) is 22.9 Å². The summed E-state index contributed by atoms with van der Waals surface area (Å²) in [7, 11) is 0. The highest BCUT2D eigenvalue weighted by Crippen LogP contribution is 2.27. The molecule has 1 heterocycles. The Hall–Kier alpha value is -2.34. The molecule has 0 radical (unpaired) electrons. The fraction of sp³-hybridized carbons (Fsp3) is 0.263. The number of likely N-dealkylation sites (tertiary alicyclic amines) is 1. The van der Waals surface area contributed by atoms with Crippen molar-refractivity contribution in [1.29, 1.82) is 0 Å². The van der Waals surface area contributed by atoms with Gasteiger partial charge in [-0.25, -0.2) is 0 Å². The molecule has 130 valence electrons. The van der Waals surface area contributed by atoms with Gasteiger partial charge in [0.15, 0.2) is 0 Å². The molecule has 0 N–H and O–H groups in total. The summed E-state index contributed by atoms with van der Waals surface area (Å²) < 4.78 is 6.70. The van der Waals surface area contributed by atoms with Gasteiger partial charge in [-0.15, -0.1) is 0 Å². The van der Waals surface area contributed by atoms with E-state index < -0.39 is 0 Å². The van der Waals surface area contributed by atoms with Crippen molar-refractivity contribution in [2.45, 2.75) is 19.4 Å². The zero-order valence-electron chi connectivity index (χ0n) is 13.7. The van der Waals surface area contributed by atoms with Crippen molar-refractivity contribution in [3.63, 3.8) is 0 Å². The highest BCUT2D eigenvalue weighted by atomic mass is 79.9. The Bertz CT molecular complexity index is 769. The largest absolute Gasteiger partial charge is 0.489 e. The van der Waals surface area contributed by atoms with E-state index in [0.29, 0.717) is 17.9 Å². The lowest BCUT2D eigenvalue weighted by Gasteiger charge is -2.10. The van der Waals surface area contributed by atoms with Crippen LogP contribution >= 0.6 is 15.9 Å². The second-order valence-corrected chi connectivity index (χ2v) is 6.87. The molecule has 6 heteroatoms. The van der Waals surface area contributed by atoms with E-state index in [2.05, 4.69) is 20.8 Å². The van der Waals surface area contributed by atoms with Crippen LogP contribution in [-0.2, 0) is 6.61 Å². The molecule has 25 heavy (non-hydrogen) atoms. The molecule has 2 aromatic rings. The summed E-state index contributed by atoms with van der Waals surface area (Å²) in [5.41, 5.74) is 1.65. The number of halogens is 1. The van der Waals surface area contributed by atoms with E-state index in [4.69, 9.17) is 4.74 Å². The smallest absolute Gasteiger partial charge is 0.280 e. The van der Waals surface area contributed by atoms with Crippen LogP contribution in [0, 0.1) is 10.1 Å². The van der Waals surface area contributed by atoms with Gasteiger partial charge in [0.05, 0.1) is 16.6 Å². The number of hydrogen-bond acceptors (Lipinski definition) is 4. The summed E-state index contributed by atoms with van der Waals surface area (Å²) in [5, 5.41) is 11.4. The number of nitro benzene ring substituents is 1. The Kier molecular flexibility index (Phi) is 5.71. The summed E-state index contributed by atoms with van der Waals surface area (Å²) in [4.78, 5) is 13.2. The highest BCUT2D eigenvalue weighted by Gasteiger charge is 2.14. The molecule has 0 atom stereocenters. The number of benzene rings is 2. The first-order chi connectivity index (χ1) is 12.1. The van der Waals surface area contributed by atoms with Gasteiger partial charge >= 0.3 is 0 Å². The zero-order valence-corrected chi connectivity index (χ0v) is 15.3. The Morgan fingerprint density at radius 3 is 2.56 bits per heavy atom. The quantitative estimate of drug-likeness (QED) is 0.503. The molecule has 0 bridgehead atoms. The van der Waals surface area contributed by atoms with Crippen molar-refractivity contribution >= 4 is 27.7 Å². The van der Waals surface area contributed by atoms with Gasteiger partial charge in [0.25, 0.3) is 5.69 Å². The molecule has 0 aromatic heterocycles. The molecule has 1 aliphatic rings. The molecule has 0 unspecified atom stereocenters. The molecule has 1 fully saturated rings. The molecule has 1 saturated heterocycles. The summed E-state index contributed by atoms with van der Waals surface area (Å²) in [6.45, 7) is 2.39. The molecular weight excluding hydrogens is 384 g/mol. The molecule has 3 rings (SSSR count). The number of hydrogen-bond donors (Lipinski definition) is 0. The molecule has 0 saturated carbocycles. The van der Waals surface area contributed by atoms with Crippen molar-refractivity contribution in [2.24, 2.45) is 0 Å². The highest BCUT2D eigenvalue weighted by molar-refractivity contribution is 9.10. The maximum atomic E-state index is 11.4. The van der Waals surface area contributed by atoms with Gasteiger partial charge in [-0.05, 0) is 54.9 Å². The van der Waals surface area contributed by atoms with Gasteiger partial charge in [0, 0.05) is 17.6 Å². The van der Waals surface area contributed by atoms with Crippen LogP contribution in [0.4, 0.5) is 5.69 Å². The van der Waals surface area contributed by atoms with Crippen LogP contribution in [0.5, 0.6) is 5.75 Å². The molecule has 0 spiro atoms. The van der Waals surface area contributed by atoms with E-state index in [1.807, 2.05) is 36.5 Å². The molecule has 5 nitrogen and oxygen atoms in total. The van der Waals surface area contributed by atoms with Gasteiger partial charge in [0.2, 0.25) is 0 Å². The number of nitro groups is 1. The standard InChI is InChI=1S/C19H19BrN2O3/c20-17-6-3-15(4-7-17)14-25-18-8-5-16(19(13-18)22(23)24)9-12-21-10-1-2-11-21/h3-9,12-13H,1-2,10-11,14H2/b12-9+. The summed E-state index contributed by atoms with van der Waals surface area (Å²) in [6, 6.07) is 12.8. The van der Waals surface area contributed by atoms with Crippen LogP contribution < -0.4 is 4.74 Å². The van der Waals surface area contributed by atoms with Crippen LogP contribution in [0.2, 0.25) is 0 Å². The summed E-state index contributed by atoms with van der Waals surface area (Å²) in [5.74, 6) is 0.493. The van der Waals surface area contributed by atoms with E-state index in [-0.39, 0.29) is 10.6 Å². The first-order valence-corrected chi connectivity index (χ1v) is 8.99. The second kappa shape index (κ2) is 8.16. The number of rotatable bonds is 6. The summed E-state index contributed by atoms with van der Waals surface area (Å²) in [6.07, 6.45) is 6.10. The van der Waals surface area contributed by atoms with Gasteiger partial charge in [-0.3, -0.25) is 10.1 Å². The Morgan fingerprint density at radius 2 is 1.88 bits per heavy atom. The maximum absolute atomic E-state index is 11.4. The third-order valence-corrected chi connectivity index (χ3v) is 4.65. The Balaban J connectivity index is 1.71. The van der Waals surface area contributed by atoms with Gasteiger partial charge in [-0.1, -0.05) is 28.1 Å². The van der Waals surface area contributed by atoms with Crippen molar-refractivity contribution < 1.29 is 9.66 Å². The molecule has 2 aromatic carbocycles. The lowest BCUT2D eigenvalue weighted by atomic mass is 10.1. The first-order valence-electron chi connectivity index (χ1n) is 8.20. The molecule has 0 aliphatic carbocycles. The molecular formula is C19H19BrN2O3. The topological polar surface area (TPSA) is 55.6 Å². The van der Waals surface area contributed by atoms with E-state index in [1.54, 1.807) is 12.1 Å². The minimum absolute atomic E-state index is 0.0590. The van der Waals surface area contributed by atoms with Gasteiger partial charge in [0.1, 0.15) is 12.4 Å². The van der Waals surface area contributed by atoms with E-state index in [1.165, 1.54) is 18.9 Å². The van der Waals surface area contributed by atoms with Crippen LogP contribution in [0.3, 0.4) is 0 Å². The first kappa shape index (κ1) is 17.5. The van der Waals surface area contributed by atoms with Gasteiger partial charge < -0.3 is 9.64 Å². The minimum Gasteiger partial charge on any atom is -0.489 e.